The van der Waals surface area contributed by atoms with Crippen molar-refractivity contribution in [2.24, 2.45) is 0 Å². The average molecular weight is 422 g/mol. The molecule has 0 spiro atoms. The van der Waals surface area contributed by atoms with Crippen molar-refractivity contribution in [3.8, 4) is 0 Å². The van der Waals surface area contributed by atoms with Crippen LogP contribution in [0.3, 0.4) is 0 Å². The molecule has 3 aromatic rings. The Balaban J connectivity index is 1.53. The van der Waals surface area contributed by atoms with Gasteiger partial charge in [-0.3, -0.25) is 9.78 Å². The first-order valence-corrected chi connectivity index (χ1v) is 11.3. The van der Waals surface area contributed by atoms with Gasteiger partial charge >= 0.3 is 0 Å². The molecule has 0 radical (unpaired) electrons. The summed E-state index contributed by atoms with van der Waals surface area (Å²) < 4.78 is 27.9. The van der Waals surface area contributed by atoms with Crippen molar-refractivity contribution in [2.45, 2.75) is 30.8 Å². The molecule has 0 aliphatic carbocycles. The maximum absolute atomic E-state index is 13.2. The van der Waals surface area contributed by atoms with Gasteiger partial charge in [-0.25, -0.2) is 8.42 Å². The fourth-order valence-electron chi connectivity index (χ4n) is 3.62. The number of pyridine rings is 1. The molecule has 1 amide bonds. The molecule has 1 atom stereocenters. The van der Waals surface area contributed by atoms with Crippen molar-refractivity contribution in [1.29, 1.82) is 0 Å². The molecular weight excluding hydrogens is 398 g/mol. The maximum Gasteiger partial charge on any atom is 0.251 e. The van der Waals surface area contributed by atoms with E-state index in [4.69, 9.17) is 0 Å². The molecule has 1 aliphatic heterocycles. The first kappa shape index (κ1) is 20.3. The van der Waals surface area contributed by atoms with E-state index in [1.807, 2.05) is 43.3 Å². The van der Waals surface area contributed by atoms with Crippen LogP contribution in [0, 0.1) is 0 Å². The van der Waals surface area contributed by atoms with Gasteiger partial charge in [-0.15, -0.1) is 0 Å². The highest BCUT2D eigenvalue weighted by Crippen LogP contribution is 2.25. The van der Waals surface area contributed by atoms with Crippen LogP contribution in [0.1, 0.15) is 40.0 Å². The van der Waals surface area contributed by atoms with Crippen LogP contribution in [0.25, 0.3) is 0 Å². The summed E-state index contributed by atoms with van der Waals surface area (Å²) in [5.74, 6) is -0.326. The molecule has 1 aliphatic rings. The van der Waals surface area contributed by atoms with Gasteiger partial charge in [-0.1, -0.05) is 36.4 Å². The number of hydrogen-bond donors (Lipinski definition) is 1. The topological polar surface area (TPSA) is 79.4 Å². The van der Waals surface area contributed by atoms with E-state index in [9.17, 15) is 13.2 Å². The molecule has 4 rings (SSSR count). The Labute approximate surface area is 176 Å². The molecule has 1 N–H and O–H groups in total. The zero-order valence-electron chi connectivity index (χ0n) is 16.7. The van der Waals surface area contributed by atoms with E-state index in [0.29, 0.717) is 25.1 Å². The van der Waals surface area contributed by atoms with Gasteiger partial charge < -0.3 is 5.32 Å². The van der Waals surface area contributed by atoms with E-state index in [1.54, 1.807) is 24.5 Å². The lowest BCUT2D eigenvalue weighted by Crippen LogP contribution is -2.36. The number of aromatic nitrogens is 1. The molecule has 0 saturated carbocycles. The molecule has 7 heteroatoms. The molecule has 0 bridgehead atoms. The molecule has 1 aromatic heterocycles. The molecule has 2 aromatic carbocycles. The smallest absolute Gasteiger partial charge is 0.251 e. The fourth-order valence-corrected chi connectivity index (χ4v) is 5.08. The predicted molar refractivity (Wildman–Crippen MR) is 114 cm³/mol. The number of hydrogen-bond acceptors (Lipinski definition) is 4. The van der Waals surface area contributed by atoms with Crippen molar-refractivity contribution in [2.75, 3.05) is 6.54 Å². The lowest BCUT2D eigenvalue weighted by molar-refractivity contribution is 0.0939. The number of sulfonamides is 1. The number of amides is 1. The summed E-state index contributed by atoms with van der Waals surface area (Å²) in [5, 5.41) is 2.90. The van der Waals surface area contributed by atoms with Gasteiger partial charge in [0.2, 0.25) is 10.0 Å². The number of fused-ring (bicyclic) bond motifs is 1. The van der Waals surface area contributed by atoms with E-state index in [2.05, 4.69) is 10.3 Å². The molecular formula is C23H23N3O3S. The zero-order chi connectivity index (χ0) is 21.1. The highest BCUT2D eigenvalue weighted by Gasteiger charge is 2.28. The third kappa shape index (κ3) is 4.13. The second kappa shape index (κ2) is 8.38. The van der Waals surface area contributed by atoms with Gasteiger partial charge in [0.05, 0.1) is 10.9 Å². The van der Waals surface area contributed by atoms with Crippen molar-refractivity contribution in [3.05, 3.63) is 95.3 Å². The third-order valence-electron chi connectivity index (χ3n) is 5.36. The van der Waals surface area contributed by atoms with Crippen LogP contribution < -0.4 is 5.32 Å². The number of nitrogens with zero attached hydrogens (tertiary/aromatic N) is 2. The number of rotatable bonds is 5. The summed E-state index contributed by atoms with van der Waals surface area (Å²) in [4.78, 5) is 16.9. The summed E-state index contributed by atoms with van der Waals surface area (Å²) in [7, 11) is -3.70. The molecule has 1 unspecified atom stereocenters. The molecule has 30 heavy (non-hydrogen) atoms. The fraction of sp³-hybridized carbons (Fsp3) is 0.217. The zero-order valence-corrected chi connectivity index (χ0v) is 17.5. The van der Waals surface area contributed by atoms with Crippen molar-refractivity contribution < 1.29 is 13.2 Å². The second-order valence-electron chi connectivity index (χ2n) is 7.37. The Morgan fingerprint density at radius 3 is 2.63 bits per heavy atom. The molecule has 6 nitrogen and oxygen atoms in total. The SMILES string of the molecule is CC(NC(=O)c1cccc(S(=O)(=O)N2CCc3ccccc3C2)c1)c1cccnc1. The predicted octanol–water partition coefficient (Wildman–Crippen LogP) is 3.32. The number of nitrogens with one attached hydrogen (secondary N) is 1. The largest absolute Gasteiger partial charge is 0.345 e. The van der Waals surface area contributed by atoms with E-state index >= 15 is 0 Å². The van der Waals surface area contributed by atoms with Crippen molar-refractivity contribution >= 4 is 15.9 Å². The van der Waals surface area contributed by atoms with Crippen LogP contribution in [0.2, 0.25) is 0 Å². The summed E-state index contributed by atoms with van der Waals surface area (Å²) in [5.41, 5.74) is 3.39. The van der Waals surface area contributed by atoms with E-state index in [1.165, 1.54) is 22.0 Å². The van der Waals surface area contributed by atoms with Crippen LogP contribution in [0.5, 0.6) is 0 Å². The minimum Gasteiger partial charge on any atom is -0.345 e. The van der Waals surface area contributed by atoms with Crippen LogP contribution in [0.4, 0.5) is 0 Å². The van der Waals surface area contributed by atoms with E-state index in [0.717, 1.165) is 11.1 Å². The van der Waals surface area contributed by atoms with Crippen LogP contribution in [-0.4, -0.2) is 30.2 Å². The molecule has 0 saturated heterocycles. The second-order valence-corrected chi connectivity index (χ2v) is 9.30. The summed E-state index contributed by atoms with van der Waals surface area (Å²) in [6.45, 7) is 2.63. The summed E-state index contributed by atoms with van der Waals surface area (Å²) in [6, 6.07) is 17.5. The molecule has 0 fully saturated rings. The normalized spacial score (nSPS) is 15.2. The lowest BCUT2D eigenvalue weighted by atomic mass is 10.0. The Morgan fingerprint density at radius 2 is 1.87 bits per heavy atom. The Bertz CT molecular complexity index is 1160. The van der Waals surface area contributed by atoms with Gasteiger partial charge in [-0.05, 0) is 54.3 Å². The summed E-state index contributed by atoms with van der Waals surface area (Å²) >= 11 is 0. The van der Waals surface area contributed by atoms with Crippen LogP contribution in [0.15, 0.2) is 78.0 Å². The van der Waals surface area contributed by atoms with Gasteiger partial charge in [0.1, 0.15) is 0 Å². The minimum absolute atomic E-state index is 0.128. The Morgan fingerprint density at radius 1 is 1.07 bits per heavy atom. The van der Waals surface area contributed by atoms with Gasteiger partial charge in [0.15, 0.2) is 0 Å². The molecule has 154 valence electrons. The highest BCUT2D eigenvalue weighted by molar-refractivity contribution is 7.89. The lowest BCUT2D eigenvalue weighted by Gasteiger charge is -2.28. The third-order valence-corrected chi connectivity index (χ3v) is 7.20. The Hall–Kier alpha value is -3.03. The maximum atomic E-state index is 13.2. The van der Waals surface area contributed by atoms with Gasteiger partial charge in [-0.2, -0.15) is 4.31 Å². The monoisotopic (exact) mass is 421 g/mol. The minimum atomic E-state index is -3.70. The van der Waals surface area contributed by atoms with E-state index < -0.39 is 10.0 Å². The standard InChI is InChI=1S/C23H23N3O3S/c1-17(20-9-5-12-24-15-20)25-23(27)19-8-4-10-22(14-19)30(28,29)26-13-11-18-6-2-3-7-21(18)16-26/h2-10,12,14-15,17H,11,13,16H2,1H3,(H,25,27). The Kier molecular flexibility index (Phi) is 5.65. The van der Waals surface area contributed by atoms with Gasteiger partial charge in [0.25, 0.3) is 5.91 Å². The van der Waals surface area contributed by atoms with Gasteiger partial charge in [0, 0.05) is 31.0 Å². The average Bonchev–Trinajstić information content (AvgIpc) is 2.79. The quantitative estimate of drug-likeness (QED) is 0.685. The first-order chi connectivity index (χ1) is 14.4. The number of carbonyl (C=O) groups excluding carboxylic acids is 1. The van der Waals surface area contributed by atoms with Crippen molar-refractivity contribution in [3.63, 3.8) is 0 Å². The van der Waals surface area contributed by atoms with E-state index in [-0.39, 0.29) is 16.8 Å². The van der Waals surface area contributed by atoms with Crippen LogP contribution >= 0.6 is 0 Å². The summed E-state index contributed by atoms with van der Waals surface area (Å²) in [6.07, 6.45) is 4.05. The van der Waals surface area contributed by atoms with Crippen LogP contribution in [-0.2, 0) is 23.0 Å². The first-order valence-electron chi connectivity index (χ1n) is 9.83. The number of benzene rings is 2. The number of carbonyl (C=O) groups is 1. The molecule has 2 heterocycles. The van der Waals surface area contributed by atoms with Crippen molar-refractivity contribution in [1.82, 2.24) is 14.6 Å². The highest BCUT2D eigenvalue weighted by atomic mass is 32.2.